The zero-order chi connectivity index (χ0) is 70.1. The number of ether oxygens (including phenoxy) is 7. The fourth-order valence-corrected chi connectivity index (χ4v) is 6.54. The second kappa shape index (κ2) is 48.0. The van der Waals surface area contributed by atoms with Crippen molar-refractivity contribution in [1.82, 2.24) is 5.32 Å². The van der Waals surface area contributed by atoms with Crippen molar-refractivity contribution in [3.05, 3.63) is 0 Å². The quantitative estimate of drug-likeness (QED) is 0.0847. The summed E-state index contributed by atoms with van der Waals surface area (Å²) in [5, 5.41) is 12.4. The van der Waals surface area contributed by atoms with Crippen LogP contribution >= 0.6 is 11.8 Å². The number of nitrogens with one attached hydrogen (secondary N) is 1. The van der Waals surface area contributed by atoms with Crippen molar-refractivity contribution < 1.29 is 47.9 Å². The Morgan fingerprint density at radius 3 is 0.942 bits per heavy atom. The second-order valence-electron chi connectivity index (χ2n) is 35.8. The van der Waals surface area contributed by atoms with Gasteiger partial charge in [0, 0.05) is 31.1 Å². The molecule has 0 heterocycles. The monoisotopic (exact) mass is 1250 g/mol. The molecule has 86 heavy (non-hydrogen) atoms. The highest BCUT2D eigenvalue weighted by Crippen LogP contribution is 2.25. The van der Waals surface area contributed by atoms with Gasteiger partial charge < -0.3 is 43.6 Å². The molecule has 0 spiro atoms. The van der Waals surface area contributed by atoms with Crippen LogP contribution in [-0.2, 0) is 42.7 Å². The summed E-state index contributed by atoms with van der Waals surface area (Å²) in [4.78, 5) is 22.5. The first-order valence-corrected chi connectivity index (χ1v) is 34.5. The number of rotatable bonds is 25. The maximum absolute atomic E-state index is 11.5. The predicted molar refractivity (Wildman–Crippen MR) is 381 cm³/mol. The van der Waals surface area contributed by atoms with E-state index in [1.54, 1.807) is 0 Å². The summed E-state index contributed by atoms with van der Waals surface area (Å²) in [7, 11) is 0. The highest BCUT2D eigenvalue weighted by atomic mass is 32.2. The first kappa shape index (κ1) is 98.7. The Hall–Kier alpha value is -0.830. The fraction of sp³-hybridized carbons (Fsp3) is 0.973. The number of carbonyl (C=O) groups is 2. The van der Waals surface area contributed by atoms with Crippen LogP contribution in [0.2, 0.25) is 0 Å². The molecule has 12 heteroatoms. The lowest BCUT2D eigenvalue weighted by Gasteiger charge is -2.25. The van der Waals surface area contributed by atoms with Crippen LogP contribution in [0.3, 0.4) is 0 Å². The standard InChI is InChI=1S/C14H30S.C12H25NO2.C11H24O3.C10H22O2.C9H18O2.C9H20O.C9H20/c1-13(2,3)9-7-11-15-12-8-10-14(4,5)6;1-11(2,3)10(14)13-8-7-9-15-12(4,5)6;1-10(2,3)13-7-9(12)8-14-11(4,5)6;1-9(2,3)11-7-8-12-10(4,5)6;1-7(2)8(10)6-11-9(3,4)5;1-8(2)6-7-10-9(3,4)5;1-8(2)6-7-9(3,4)5/h7-12H2,1-6H3;7-9H2,1-6H3,(H,13,14);9,12H,7-8H2,1-6H3;7-8H2,1-6H3;7H,6H2,1-5H3;8H,6-7H2,1-5H3;8H,6-7H2,1-5H3. The minimum Gasteiger partial charge on any atom is -0.388 e. The van der Waals surface area contributed by atoms with Gasteiger partial charge in [0.1, 0.15) is 12.7 Å². The first-order valence-electron chi connectivity index (χ1n) is 33.3. The van der Waals surface area contributed by atoms with Crippen LogP contribution in [0, 0.1) is 39.4 Å². The van der Waals surface area contributed by atoms with E-state index in [0.29, 0.717) is 55.8 Å². The van der Waals surface area contributed by atoms with Gasteiger partial charge in [0.15, 0.2) is 5.78 Å². The number of ketones is 1. The third kappa shape index (κ3) is 114. The van der Waals surface area contributed by atoms with Crippen LogP contribution in [0.5, 0.6) is 0 Å². The summed E-state index contributed by atoms with van der Waals surface area (Å²) in [6.45, 7) is 86.1. The number of hydrogen-bond donors (Lipinski definition) is 2. The molecule has 0 aliphatic heterocycles. The molecule has 0 radical (unpaired) electrons. The van der Waals surface area contributed by atoms with Crippen molar-refractivity contribution in [2.24, 2.45) is 39.4 Å². The molecule has 0 unspecified atom stereocenters. The third-order valence-electron chi connectivity index (χ3n) is 10.8. The summed E-state index contributed by atoms with van der Waals surface area (Å²) < 4.78 is 38.2. The molecule has 0 aromatic rings. The largest absolute Gasteiger partial charge is 0.388 e. The van der Waals surface area contributed by atoms with E-state index in [4.69, 9.17) is 33.2 Å². The van der Waals surface area contributed by atoms with Crippen molar-refractivity contribution in [2.45, 2.75) is 367 Å². The first-order chi connectivity index (χ1) is 37.8. The number of Topliss-reactive ketones (excluding diaryl/α,β-unsaturated/α-hetero) is 1. The molecule has 0 saturated carbocycles. The van der Waals surface area contributed by atoms with E-state index in [1.165, 1.54) is 50.0 Å². The van der Waals surface area contributed by atoms with Gasteiger partial charge in [0.25, 0.3) is 0 Å². The maximum Gasteiger partial charge on any atom is 0.225 e. The van der Waals surface area contributed by atoms with Crippen LogP contribution in [0.1, 0.15) is 321 Å². The molecule has 0 aromatic heterocycles. The molecule has 0 atom stereocenters. The predicted octanol–water partition coefficient (Wildman–Crippen LogP) is 20.7. The molecular formula is C74H159NO10S. The van der Waals surface area contributed by atoms with Crippen LogP contribution < -0.4 is 5.32 Å². The summed E-state index contributed by atoms with van der Waals surface area (Å²) in [5.74, 6) is 4.66. The van der Waals surface area contributed by atoms with E-state index >= 15 is 0 Å². The van der Waals surface area contributed by atoms with E-state index in [9.17, 15) is 14.7 Å². The normalized spacial score (nSPS) is 13.0. The van der Waals surface area contributed by atoms with Crippen LogP contribution in [-0.4, -0.2) is 126 Å². The Labute approximate surface area is 544 Å². The molecule has 2 N–H and O–H groups in total. The zero-order valence-corrected chi connectivity index (χ0v) is 66.4. The van der Waals surface area contributed by atoms with Gasteiger partial charge in [-0.2, -0.15) is 11.8 Å². The molecule has 0 rings (SSSR count). The Balaban J connectivity index is -0.000000171. The summed E-state index contributed by atoms with van der Waals surface area (Å²) in [6, 6.07) is 0. The van der Waals surface area contributed by atoms with E-state index < -0.39 is 6.10 Å². The highest BCUT2D eigenvalue weighted by molar-refractivity contribution is 7.99. The SMILES string of the molecule is CC(C)(C)CCCSCCCC(C)(C)C.CC(C)(C)OCC(O)COC(C)(C)C.CC(C)(C)OCCCNC(=O)C(C)(C)C.CC(C)(C)OCCOC(C)(C)C.CC(C)C(=O)COC(C)(C)C.CC(C)CCC(C)(C)C.CC(C)CCOC(C)(C)C. The zero-order valence-electron chi connectivity index (χ0n) is 65.6. The van der Waals surface area contributed by atoms with E-state index in [2.05, 4.69) is 128 Å². The molecule has 526 valence electrons. The summed E-state index contributed by atoms with van der Waals surface area (Å²) >= 11 is 2.13. The molecule has 0 aromatic carbocycles. The van der Waals surface area contributed by atoms with Gasteiger partial charge in [-0.15, -0.1) is 0 Å². The average Bonchev–Trinajstić information content (AvgIpc) is 3.25. The van der Waals surface area contributed by atoms with Crippen LogP contribution in [0.15, 0.2) is 0 Å². The van der Waals surface area contributed by atoms with Crippen molar-refractivity contribution >= 4 is 23.5 Å². The fourth-order valence-electron chi connectivity index (χ4n) is 5.64. The van der Waals surface area contributed by atoms with E-state index in [0.717, 1.165) is 31.3 Å². The number of hydrogen-bond acceptors (Lipinski definition) is 11. The van der Waals surface area contributed by atoms with Crippen LogP contribution in [0.25, 0.3) is 0 Å². The number of carbonyl (C=O) groups excluding carboxylic acids is 2. The molecule has 1 amide bonds. The number of aliphatic hydroxyl groups excluding tert-OH is 1. The summed E-state index contributed by atoms with van der Waals surface area (Å²) in [5.41, 5.74) is 0.495. The maximum atomic E-state index is 11.5. The topological polar surface area (TPSA) is 131 Å². The molecule has 0 fully saturated rings. The Morgan fingerprint density at radius 1 is 0.384 bits per heavy atom. The molecular weight excluding hydrogens is 1090 g/mol. The van der Waals surface area contributed by atoms with Crippen molar-refractivity contribution in [3.63, 3.8) is 0 Å². The van der Waals surface area contributed by atoms with Gasteiger partial charge in [-0.1, -0.05) is 131 Å². The summed E-state index contributed by atoms with van der Waals surface area (Å²) in [6.07, 6.45) is 9.67. The number of amides is 1. The molecule has 0 bridgehead atoms. The van der Waals surface area contributed by atoms with Gasteiger partial charge in [0.05, 0.1) is 65.6 Å². The molecule has 0 aliphatic carbocycles. The van der Waals surface area contributed by atoms with Gasteiger partial charge in [-0.25, -0.2) is 0 Å². The molecule has 0 saturated heterocycles. The lowest BCUT2D eigenvalue weighted by atomic mass is 9.88. The van der Waals surface area contributed by atoms with Crippen molar-refractivity contribution in [1.29, 1.82) is 0 Å². The van der Waals surface area contributed by atoms with Gasteiger partial charge in [0.2, 0.25) is 5.91 Å². The average molecular weight is 1260 g/mol. The lowest BCUT2D eigenvalue weighted by Crippen LogP contribution is -2.35. The van der Waals surface area contributed by atoms with Crippen LogP contribution in [0.4, 0.5) is 0 Å². The van der Waals surface area contributed by atoms with Crippen molar-refractivity contribution in [2.75, 3.05) is 64.3 Å². The third-order valence-corrected chi connectivity index (χ3v) is 12.0. The number of aliphatic hydroxyl groups is 1. The molecule has 0 aliphatic rings. The molecule has 11 nitrogen and oxygen atoms in total. The van der Waals surface area contributed by atoms with E-state index in [1.807, 2.05) is 159 Å². The second-order valence-corrected chi connectivity index (χ2v) is 37.1. The van der Waals surface area contributed by atoms with E-state index in [-0.39, 0.29) is 68.8 Å². The van der Waals surface area contributed by atoms with Crippen molar-refractivity contribution in [3.8, 4) is 0 Å². The Morgan fingerprint density at radius 2 is 0.686 bits per heavy atom. The Bertz CT molecular complexity index is 1500. The Kier molecular flexibility index (Phi) is 55.1. The number of thioether (sulfide) groups is 1. The minimum atomic E-state index is -0.548. The van der Waals surface area contributed by atoms with Gasteiger partial charge in [-0.05, 0) is 230 Å². The lowest BCUT2D eigenvalue weighted by molar-refractivity contribution is -0.131. The highest BCUT2D eigenvalue weighted by Gasteiger charge is 2.21. The van der Waals surface area contributed by atoms with Gasteiger partial charge >= 0.3 is 0 Å². The minimum absolute atomic E-state index is 0.0366. The smallest absolute Gasteiger partial charge is 0.225 e. The van der Waals surface area contributed by atoms with Gasteiger partial charge in [-0.3, -0.25) is 9.59 Å².